The van der Waals surface area contributed by atoms with Crippen LogP contribution >= 0.6 is 0 Å². The van der Waals surface area contributed by atoms with Crippen molar-refractivity contribution in [1.29, 1.82) is 0 Å². The number of likely N-dealkylation sites (tertiary alicyclic amines) is 1. The van der Waals surface area contributed by atoms with Gasteiger partial charge in [-0.15, -0.1) is 0 Å². The predicted octanol–water partition coefficient (Wildman–Crippen LogP) is -0.102. The molecular formula is C10H16N4O. The van der Waals surface area contributed by atoms with Gasteiger partial charge in [-0.05, 0) is 6.54 Å². The molecule has 1 aromatic rings. The average Bonchev–Trinajstić information content (AvgIpc) is 2.73. The molecule has 5 heteroatoms. The zero-order valence-corrected chi connectivity index (χ0v) is 9.05. The first kappa shape index (κ1) is 10.2. The molecule has 0 saturated carbocycles. The Labute approximate surface area is 88.9 Å². The highest BCUT2D eigenvalue weighted by atomic mass is 16.2. The van der Waals surface area contributed by atoms with Gasteiger partial charge < -0.3 is 15.2 Å². The van der Waals surface area contributed by atoms with Gasteiger partial charge in [-0.3, -0.25) is 4.79 Å². The third-order valence-electron chi connectivity index (χ3n) is 3.12. The third-order valence-corrected chi connectivity index (χ3v) is 3.12. The molecule has 0 unspecified atom stereocenters. The number of aromatic nitrogens is 2. The Morgan fingerprint density at radius 2 is 2.33 bits per heavy atom. The first-order chi connectivity index (χ1) is 7.15. The average molecular weight is 208 g/mol. The van der Waals surface area contributed by atoms with E-state index in [2.05, 4.69) is 4.98 Å². The van der Waals surface area contributed by atoms with Crippen molar-refractivity contribution in [3.63, 3.8) is 0 Å². The van der Waals surface area contributed by atoms with Crippen LogP contribution in [0.25, 0.3) is 0 Å². The maximum Gasteiger partial charge on any atom is 0.223 e. The van der Waals surface area contributed by atoms with E-state index < -0.39 is 0 Å². The van der Waals surface area contributed by atoms with E-state index in [1.807, 2.05) is 24.9 Å². The molecule has 1 aromatic heterocycles. The molecular weight excluding hydrogens is 192 g/mol. The van der Waals surface area contributed by atoms with Crippen LogP contribution in [0.4, 0.5) is 0 Å². The highest BCUT2D eigenvalue weighted by Gasteiger charge is 2.39. The second kappa shape index (κ2) is 3.66. The van der Waals surface area contributed by atoms with E-state index in [-0.39, 0.29) is 17.9 Å². The SMILES string of the molecule is CN1C(=O)C[C@@H](CN)[C@H]1c1nccn1C. The molecule has 0 aliphatic carbocycles. The molecule has 0 spiro atoms. The molecule has 5 nitrogen and oxygen atoms in total. The summed E-state index contributed by atoms with van der Waals surface area (Å²) in [7, 11) is 3.75. The van der Waals surface area contributed by atoms with Crippen molar-refractivity contribution >= 4 is 5.91 Å². The first-order valence-electron chi connectivity index (χ1n) is 5.08. The van der Waals surface area contributed by atoms with Gasteiger partial charge in [-0.2, -0.15) is 0 Å². The summed E-state index contributed by atoms with van der Waals surface area (Å²) in [6.45, 7) is 0.521. The summed E-state index contributed by atoms with van der Waals surface area (Å²) in [4.78, 5) is 17.6. The second-order valence-corrected chi connectivity index (χ2v) is 4.05. The molecule has 82 valence electrons. The van der Waals surface area contributed by atoms with Crippen LogP contribution in [-0.2, 0) is 11.8 Å². The lowest BCUT2D eigenvalue weighted by Gasteiger charge is -2.23. The number of nitrogens with two attached hydrogens (primary N) is 1. The Hall–Kier alpha value is -1.36. The van der Waals surface area contributed by atoms with E-state index in [1.54, 1.807) is 11.1 Å². The molecule has 0 aromatic carbocycles. The van der Waals surface area contributed by atoms with Crippen LogP contribution in [0.2, 0.25) is 0 Å². The fraction of sp³-hybridized carbons (Fsp3) is 0.600. The number of rotatable bonds is 2. The highest BCUT2D eigenvalue weighted by Crippen LogP contribution is 2.34. The van der Waals surface area contributed by atoms with Gasteiger partial charge in [0, 0.05) is 38.8 Å². The number of hydrogen-bond acceptors (Lipinski definition) is 3. The lowest BCUT2D eigenvalue weighted by atomic mass is 10.00. The van der Waals surface area contributed by atoms with Gasteiger partial charge >= 0.3 is 0 Å². The number of nitrogens with zero attached hydrogens (tertiary/aromatic N) is 3. The number of amides is 1. The Kier molecular flexibility index (Phi) is 2.48. The molecule has 15 heavy (non-hydrogen) atoms. The molecule has 2 heterocycles. The van der Waals surface area contributed by atoms with Gasteiger partial charge in [-0.1, -0.05) is 0 Å². The zero-order chi connectivity index (χ0) is 11.0. The van der Waals surface area contributed by atoms with Crippen molar-refractivity contribution < 1.29 is 4.79 Å². The van der Waals surface area contributed by atoms with Gasteiger partial charge in [0.15, 0.2) is 0 Å². The molecule has 1 aliphatic rings. The standard InChI is InChI=1S/C10H16N4O/c1-13-4-3-12-10(13)9-7(6-11)5-8(15)14(9)2/h3-4,7,9H,5-6,11H2,1-2H3/t7-,9-/m0/s1. The van der Waals surface area contributed by atoms with Crippen LogP contribution < -0.4 is 5.73 Å². The molecule has 1 aliphatic heterocycles. The van der Waals surface area contributed by atoms with Gasteiger partial charge in [0.2, 0.25) is 5.91 Å². The number of imidazole rings is 1. The van der Waals surface area contributed by atoms with E-state index in [9.17, 15) is 4.79 Å². The summed E-state index contributed by atoms with van der Waals surface area (Å²) >= 11 is 0. The van der Waals surface area contributed by atoms with E-state index in [1.165, 1.54) is 0 Å². The molecule has 2 N–H and O–H groups in total. The minimum absolute atomic E-state index is 0.0301. The summed E-state index contributed by atoms with van der Waals surface area (Å²) in [5.41, 5.74) is 5.69. The molecule has 0 bridgehead atoms. The quantitative estimate of drug-likeness (QED) is 0.738. The Morgan fingerprint density at radius 1 is 1.60 bits per heavy atom. The first-order valence-corrected chi connectivity index (χ1v) is 5.08. The number of aryl methyl sites for hydroxylation is 1. The minimum Gasteiger partial charge on any atom is -0.336 e. The van der Waals surface area contributed by atoms with E-state index in [0.717, 1.165) is 5.82 Å². The second-order valence-electron chi connectivity index (χ2n) is 4.05. The topological polar surface area (TPSA) is 64.2 Å². The maximum atomic E-state index is 11.6. The van der Waals surface area contributed by atoms with E-state index in [0.29, 0.717) is 13.0 Å². The summed E-state index contributed by atoms with van der Waals surface area (Å²) in [6.07, 6.45) is 4.17. The number of carbonyl (C=O) groups is 1. The van der Waals surface area contributed by atoms with E-state index >= 15 is 0 Å². The normalized spacial score (nSPS) is 26.3. The van der Waals surface area contributed by atoms with Crippen molar-refractivity contribution in [1.82, 2.24) is 14.5 Å². The lowest BCUT2D eigenvalue weighted by Crippen LogP contribution is -2.28. The summed E-state index contributed by atoms with van der Waals surface area (Å²) in [5, 5.41) is 0. The largest absolute Gasteiger partial charge is 0.336 e. The van der Waals surface area contributed by atoms with Gasteiger partial charge in [-0.25, -0.2) is 4.98 Å². The number of hydrogen-bond donors (Lipinski definition) is 1. The van der Waals surface area contributed by atoms with Crippen LogP contribution in [-0.4, -0.2) is 34.0 Å². The Morgan fingerprint density at radius 3 is 2.87 bits per heavy atom. The smallest absolute Gasteiger partial charge is 0.223 e. The number of carbonyl (C=O) groups excluding carboxylic acids is 1. The van der Waals surface area contributed by atoms with Crippen LogP contribution in [0, 0.1) is 5.92 Å². The van der Waals surface area contributed by atoms with Crippen molar-refractivity contribution in [2.75, 3.05) is 13.6 Å². The van der Waals surface area contributed by atoms with Gasteiger partial charge in [0.1, 0.15) is 5.82 Å². The van der Waals surface area contributed by atoms with Crippen molar-refractivity contribution in [3.05, 3.63) is 18.2 Å². The molecule has 1 fully saturated rings. The van der Waals surface area contributed by atoms with Crippen molar-refractivity contribution in [2.24, 2.45) is 18.7 Å². The van der Waals surface area contributed by atoms with Crippen LogP contribution in [0.3, 0.4) is 0 Å². The fourth-order valence-electron chi connectivity index (χ4n) is 2.21. The maximum absolute atomic E-state index is 11.6. The third kappa shape index (κ3) is 1.52. The fourth-order valence-corrected chi connectivity index (χ4v) is 2.21. The molecule has 2 atom stereocenters. The van der Waals surface area contributed by atoms with Crippen LogP contribution in [0.15, 0.2) is 12.4 Å². The Bertz CT molecular complexity index is 373. The van der Waals surface area contributed by atoms with Crippen molar-refractivity contribution in [2.45, 2.75) is 12.5 Å². The monoisotopic (exact) mass is 208 g/mol. The van der Waals surface area contributed by atoms with Crippen molar-refractivity contribution in [3.8, 4) is 0 Å². The lowest BCUT2D eigenvalue weighted by molar-refractivity contribution is -0.127. The molecule has 2 rings (SSSR count). The molecule has 1 amide bonds. The van der Waals surface area contributed by atoms with Crippen LogP contribution in [0.5, 0.6) is 0 Å². The highest BCUT2D eigenvalue weighted by molar-refractivity contribution is 5.79. The van der Waals surface area contributed by atoms with Gasteiger partial charge in [0.05, 0.1) is 6.04 Å². The zero-order valence-electron chi connectivity index (χ0n) is 9.05. The molecule has 0 radical (unpaired) electrons. The van der Waals surface area contributed by atoms with Gasteiger partial charge in [0.25, 0.3) is 0 Å². The minimum atomic E-state index is 0.0301. The Balaban J connectivity index is 2.34. The summed E-state index contributed by atoms with van der Waals surface area (Å²) < 4.78 is 1.95. The summed E-state index contributed by atoms with van der Waals surface area (Å²) in [6, 6.07) is 0.0301. The summed E-state index contributed by atoms with van der Waals surface area (Å²) in [5.74, 6) is 1.25. The molecule has 1 saturated heterocycles. The van der Waals surface area contributed by atoms with E-state index in [4.69, 9.17) is 5.73 Å². The predicted molar refractivity (Wildman–Crippen MR) is 55.9 cm³/mol. The van der Waals surface area contributed by atoms with Crippen LogP contribution in [0.1, 0.15) is 18.3 Å².